The van der Waals surface area contributed by atoms with Gasteiger partial charge in [0.05, 0.1) is 15.2 Å². The van der Waals surface area contributed by atoms with Crippen LogP contribution in [-0.2, 0) is 11.3 Å². The summed E-state index contributed by atoms with van der Waals surface area (Å²) in [6.45, 7) is 7.69. The van der Waals surface area contributed by atoms with Crippen LogP contribution in [0, 0.1) is 0 Å². The molecule has 10 heteroatoms. The maximum atomic E-state index is 13.0. The smallest absolute Gasteiger partial charge is 0.269 e. The molecule has 162 valence electrons. The van der Waals surface area contributed by atoms with Crippen molar-refractivity contribution in [2.75, 3.05) is 18.0 Å². The van der Waals surface area contributed by atoms with Crippen molar-refractivity contribution in [3.63, 3.8) is 0 Å². The number of benzene rings is 1. The average molecular weight is 510 g/mol. The Kier molecular flexibility index (Phi) is 6.69. The molecule has 1 aromatic heterocycles. The summed E-state index contributed by atoms with van der Waals surface area (Å²) in [7, 11) is 0. The molecule has 0 N–H and O–H groups in total. The fraction of sp³-hybridized carbons (Fsp3) is 0.286. The molecule has 0 atom stereocenters. The van der Waals surface area contributed by atoms with E-state index in [4.69, 9.17) is 23.8 Å². The normalized spacial score (nSPS) is 19.9. The molecule has 2 aromatic rings. The fourth-order valence-corrected chi connectivity index (χ4v) is 7.38. The number of thiazole rings is 1. The van der Waals surface area contributed by atoms with Crippen LogP contribution in [0.15, 0.2) is 39.0 Å². The maximum Gasteiger partial charge on any atom is 0.269 e. The minimum atomic E-state index is -0.123. The monoisotopic (exact) mass is 509 g/mol. The molecule has 1 aromatic carbocycles. The molecule has 2 aliphatic rings. The molecule has 2 aliphatic heterocycles. The summed E-state index contributed by atoms with van der Waals surface area (Å²) in [5, 5.41) is 1.74. The van der Waals surface area contributed by atoms with Crippen LogP contribution >= 0.6 is 58.7 Å². The number of aromatic nitrogens is 1. The van der Waals surface area contributed by atoms with Crippen LogP contribution in [0.25, 0.3) is 11.0 Å². The van der Waals surface area contributed by atoms with E-state index in [0.717, 1.165) is 22.2 Å². The van der Waals surface area contributed by atoms with Crippen molar-refractivity contribution in [2.24, 2.45) is 0 Å². The van der Waals surface area contributed by atoms with Crippen LogP contribution in [0.5, 0.6) is 0 Å². The quantitative estimate of drug-likeness (QED) is 0.584. The predicted molar refractivity (Wildman–Crippen MR) is 137 cm³/mol. The number of anilines is 1. The van der Waals surface area contributed by atoms with E-state index in [2.05, 4.69) is 11.8 Å². The van der Waals surface area contributed by atoms with Crippen molar-refractivity contribution in [1.82, 2.24) is 9.47 Å². The molecule has 0 unspecified atom stereocenters. The van der Waals surface area contributed by atoms with Gasteiger partial charge >= 0.3 is 0 Å². The van der Waals surface area contributed by atoms with Gasteiger partial charge in [0.15, 0.2) is 0 Å². The first-order valence-electron chi connectivity index (χ1n) is 9.84. The van der Waals surface area contributed by atoms with Crippen LogP contribution in [0.4, 0.5) is 5.69 Å². The van der Waals surface area contributed by atoms with E-state index in [0.29, 0.717) is 36.5 Å². The van der Waals surface area contributed by atoms with E-state index in [-0.39, 0.29) is 11.5 Å². The van der Waals surface area contributed by atoms with Crippen molar-refractivity contribution in [1.29, 1.82) is 0 Å². The van der Waals surface area contributed by atoms with Gasteiger partial charge in [0.1, 0.15) is 13.9 Å². The molecule has 1 amide bonds. The lowest BCUT2D eigenvalue weighted by atomic mass is 10.3. The first kappa shape index (κ1) is 22.7. The van der Waals surface area contributed by atoms with Crippen molar-refractivity contribution in [2.45, 2.75) is 32.2 Å². The third-order valence-corrected chi connectivity index (χ3v) is 9.05. The molecule has 31 heavy (non-hydrogen) atoms. The molecular weight excluding hydrogens is 490 g/mol. The number of hydrogen-bond acceptors (Lipinski definition) is 7. The molecule has 3 heterocycles. The van der Waals surface area contributed by atoms with Gasteiger partial charge < -0.3 is 4.90 Å². The Labute approximate surface area is 203 Å². The first-order chi connectivity index (χ1) is 14.9. The van der Waals surface area contributed by atoms with Gasteiger partial charge in [-0.3, -0.25) is 19.1 Å². The lowest BCUT2D eigenvalue weighted by molar-refractivity contribution is -0.120. The minimum Gasteiger partial charge on any atom is -0.335 e. The van der Waals surface area contributed by atoms with E-state index in [1.165, 1.54) is 23.1 Å². The molecule has 1 fully saturated rings. The predicted octanol–water partition coefficient (Wildman–Crippen LogP) is 3.83. The molecule has 4 rings (SSSR count). The second kappa shape index (κ2) is 9.15. The van der Waals surface area contributed by atoms with E-state index in [1.54, 1.807) is 21.2 Å². The molecule has 0 radical (unpaired) electrons. The molecule has 0 saturated carbocycles. The van der Waals surface area contributed by atoms with Gasteiger partial charge in [0, 0.05) is 29.6 Å². The third kappa shape index (κ3) is 4.02. The lowest BCUT2D eigenvalue weighted by Crippen LogP contribution is -2.33. The number of halogens is 1. The van der Waals surface area contributed by atoms with Gasteiger partial charge in [0.2, 0.25) is 0 Å². The topological polar surface area (TPSA) is 45.6 Å². The lowest BCUT2D eigenvalue weighted by Gasteiger charge is -2.17. The highest BCUT2D eigenvalue weighted by molar-refractivity contribution is 8.30. The number of carbonyl (C=O) groups excluding carboxylic acids is 1. The van der Waals surface area contributed by atoms with Crippen LogP contribution in [-0.4, -0.2) is 32.8 Å². The Hall–Kier alpha value is -1.52. The van der Waals surface area contributed by atoms with Crippen LogP contribution in [0.2, 0.25) is 5.02 Å². The first-order valence-corrected chi connectivity index (χ1v) is 13.1. The van der Waals surface area contributed by atoms with Gasteiger partial charge in [-0.25, -0.2) is 0 Å². The van der Waals surface area contributed by atoms with Crippen molar-refractivity contribution >= 4 is 85.6 Å². The van der Waals surface area contributed by atoms with E-state index in [1.807, 2.05) is 44.2 Å². The van der Waals surface area contributed by atoms with E-state index < -0.39 is 0 Å². The van der Waals surface area contributed by atoms with Gasteiger partial charge in [-0.2, -0.15) is 0 Å². The molecule has 5 nitrogen and oxygen atoms in total. The fourth-order valence-electron chi connectivity index (χ4n) is 3.46. The standard InChI is InChI=1S/C21H20ClN3O2S4/c1-4-23-13-11-12(22)7-8-14(13)29-16(23)10-9-15-18(26)24(5-2)20(30-15)17-19(27)25(6-3)21(28)31-17/h7-11H,4-6H2,1-3H3. The highest BCUT2D eigenvalue weighted by Gasteiger charge is 2.32. The van der Waals surface area contributed by atoms with Gasteiger partial charge in [-0.15, -0.1) is 11.3 Å². The molecule has 1 saturated heterocycles. The zero-order chi connectivity index (χ0) is 22.3. The molecule has 0 aliphatic carbocycles. The summed E-state index contributed by atoms with van der Waals surface area (Å²) in [5.74, 6) is -0.123. The summed E-state index contributed by atoms with van der Waals surface area (Å²) in [6, 6.07) is 5.86. The van der Waals surface area contributed by atoms with Crippen LogP contribution < -0.4 is 19.7 Å². The maximum absolute atomic E-state index is 13.0. The average Bonchev–Trinajstić information content (AvgIpc) is 3.36. The number of nitrogens with zero attached hydrogens (tertiary/aromatic N) is 3. The Morgan fingerprint density at radius 2 is 1.77 bits per heavy atom. The molecule has 0 bridgehead atoms. The second-order valence-electron chi connectivity index (χ2n) is 6.70. The van der Waals surface area contributed by atoms with Crippen molar-refractivity contribution in [3.8, 4) is 0 Å². The summed E-state index contributed by atoms with van der Waals surface area (Å²) in [6.07, 6.45) is 3.82. The van der Waals surface area contributed by atoms with E-state index in [9.17, 15) is 9.59 Å². The van der Waals surface area contributed by atoms with Crippen molar-refractivity contribution in [3.05, 3.63) is 53.9 Å². The SMILES string of the molecule is CCN1C(=O)C(=c2sc(=CC=C3Sc4ccc(Cl)cc4N3CC)c(=O)n2CC)SC1=S. The Morgan fingerprint density at radius 1 is 1.03 bits per heavy atom. The minimum absolute atomic E-state index is 0.0901. The number of thiocarbonyl (C=S) groups is 1. The zero-order valence-corrected chi connectivity index (χ0v) is 21.2. The summed E-state index contributed by atoms with van der Waals surface area (Å²) in [4.78, 5) is 31.2. The Morgan fingerprint density at radius 3 is 2.42 bits per heavy atom. The number of amides is 1. The summed E-state index contributed by atoms with van der Waals surface area (Å²) in [5.41, 5.74) is 0.988. The summed E-state index contributed by atoms with van der Waals surface area (Å²) >= 11 is 15.8. The Balaban J connectivity index is 1.81. The molecule has 0 spiro atoms. The number of fused-ring (bicyclic) bond motifs is 1. The number of hydrogen-bond donors (Lipinski definition) is 0. The van der Waals surface area contributed by atoms with E-state index >= 15 is 0 Å². The van der Waals surface area contributed by atoms with Gasteiger partial charge in [-0.05, 0) is 51.1 Å². The number of rotatable bonds is 4. The van der Waals surface area contributed by atoms with Crippen molar-refractivity contribution < 1.29 is 4.79 Å². The Bertz CT molecular complexity index is 1290. The highest BCUT2D eigenvalue weighted by atomic mass is 35.5. The molecular formula is C21H20ClN3O2S4. The number of carbonyl (C=O) groups is 1. The van der Waals surface area contributed by atoms with Gasteiger partial charge in [0.25, 0.3) is 11.5 Å². The second-order valence-corrected chi connectivity index (χ2v) is 10.9. The van der Waals surface area contributed by atoms with Crippen LogP contribution in [0.1, 0.15) is 20.8 Å². The van der Waals surface area contributed by atoms with Crippen LogP contribution in [0.3, 0.4) is 0 Å². The zero-order valence-electron chi connectivity index (χ0n) is 17.2. The van der Waals surface area contributed by atoms with Gasteiger partial charge in [-0.1, -0.05) is 47.3 Å². The number of allylic oxidation sites excluding steroid dienone is 1. The highest BCUT2D eigenvalue weighted by Crippen LogP contribution is 2.46. The third-order valence-electron chi connectivity index (χ3n) is 4.97. The number of thioether (sulfide) groups is 2. The largest absolute Gasteiger partial charge is 0.335 e. The summed E-state index contributed by atoms with van der Waals surface area (Å²) < 4.78 is 3.46.